The molecule has 2 amide bonds. The molecule has 0 aliphatic heterocycles. The van der Waals surface area contributed by atoms with E-state index in [2.05, 4.69) is 29.5 Å². The first-order chi connectivity index (χ1) is 9.74. The first kappa shape index (κ1) is 14.4. The second-order valence-electron chi connectivity index (χ2n) is 4.84. The van der Waals surface area contributed by atoms with Gasteiger partial charge in [-0.05, 0) is 19.9 Å². The molecule has 0 aliphatic rings. The minimum absolute atomic E-state index is 0.152. The highest BCUT2D eigenvalue weighted by atomic mass is 16.2. The molecule has 0 spiro atoms. The van der Waals surface area contributed by atoms with Gasteiger partial charge in [0, 0.05) is 17.1 Å². The maximum absolute atomic E-state index is 11.9. The average Bonchev–Trinajstić information content (AvgIpc) is 2.87. The molecule has 5 heteroatoms. The van der Waals surface area contributed by atoms with Gasteiger partial charge in [0.2, 0.25) is 0 Å². The summed E-state index contributed by atoms with van der Waals surface area (Å²) in [7, 11) is 0. The summed E-state index contributed by atoms with van der Waals surface area (Å²) in [6.07, 6.45) is 1.82. The normalized spacial score (nSPS) is 10.9. The summed E-state index contributed by atoms with van der Waals surface area (Å²) in [5.41, 5.74) is 1.84. The molecule has 1 heterocycles. The van der Waals surface area contributed by atoms with E-state index in [1.165, 1.54) is 4.90 Å². The Labute approximate surface area is 119 Å². The van der Waals surface area contributed by atoms with Gasteiger partial charge < -0.3 is 20.5 Å². The second kappa shape index (κ2) is 6.96. The molecule has 2 aromatic rings. The van der Waals surface area contributed by atoms with Gasteiger partial charge in [0.1, 0.15) is 0 Å². The van der Waals surface area contributed by atoms with Gasteiger partial charge >= 0.3 is 6.03 Å². The number of likely N-dealkylation sites (N-methyl/N-ethyl adjacent to an activating group) is 1. The molecule has 0 bridgehead atoms. The number of fused-ring (bicyclic) bond motifs is 1. The van der Waals surface area contributed by atoms with Crippen molar-refractivity contribution in [1.82, 2.24) is 10.3 Å². The van der Waals surface area contributed by atoms with Gasteiger partial charge in [0.15, 0.2) is 0 Å². The molecule has 0 unspecified atom stereocenters. The van der Waals surface area contributed by atoms with Crippen molar-refractivity contribution in [3.8, 4) is 0 Å². The van der Waals surface area contributed by atoms with E-state index in [0.29, 0.717) is 6.54 Å². The highest BCUT2D eigenvalue weighted by molar-refractivity contribution is 6.00. The van der Waals surface area contributed by atoms with Crippen molar-refractivity contribution in [3.05, 3.63) is 30.5 Å². The Bertz CT molecular complexity index is 560. The minimum atomic E-state index is -0.152. The molecule has 2 rings (SSSR count). The van der Waals surface area contributed by atoms with E-state index in [-0.39, 0.29) is 6.03 Å². The Kier molecular flexibility index (Phi) is 5.01. The number of H-pyrrole nitrogens is 1. The second-order valence-corrected chi connectivity index (χ2v) is 4.84. The molecule has 1 aromatic heterocycles. The van der Waals surface area contributed by atoms with E-state index in [1.54, 1.807) is 0 Å². The zero-order chi connectivity index (χ0) is 14.4. The van der Waals surface area contributed by atoms with Crippen LogP contribution in [0.15, 0.2) is 30.5 Å². The Morgan fingerprint density at radius 2 is 2.00 bits per heavy atom. The molecule has 5 nitrogen and oxygen atoms in total. The molecular weight excluding hydrogens is 252 g/mol. The minimum Gasteiger partial charge on any atom is -0.359 e. The Balaban J connectivity index is 1.85. The van der Waals surface area contributed by atoms with Gasteiger partial charge in [0.25, 0.3) is 0 Å². The van der Waals surface area contributed by atoms with E-state index in [0.717, 1.165) is 36.2 Å². The van der Waals surface area contributed by atoms with Crippen LogP contribution in [0, 0.1) is 0 Å². The van der Waals surface area contributed by atoms with Crippen LogP contribution < -0.4 is 15.5 Å². The number of urea groups is 1. The lowest BCUT2D eigenvalue weighted by molar-refractivity contribution is -0.895. The van der Waals surface area contributed by atoms with Crippen LogP contribution in [0.25, 0.3) is 10.9 Å². The number of anilines is 1. The molecule has 0 saturated heterocycles. The van der Waals surface area contributed by atoms with Crippen molar-refractivity contribution in [2.75, 3.05) is 31.5 Å². The van der Waals surface area contributed by atoms with Crippen molar-refractivity contribution in [3.63, 3.8) is 0 Å². The molecule has 1 aromatic carbocycles. The Morgan fingerprint density at radius 1 is 1.25 bits per heavy atom. The van der Waals surface area contributed by atoms with Crippen molar-refractivity contribution in [1.29, 1.82) is 0 Å². The monoisotopic (exact) mass is 275 g/mol. The van der Waals surface area contributed by atoms with Gasteiger partial charge in [-0.25, -0.2) is 4.79 Å². The largest absolute Gasteiger partial charge is 0.359 e. The maximum atomic E-state index is 11.9. The fourth-order valence-electron chi connectivity index (χ4n) is 2.30. The number of hydrogen-bond acceptors (Lipinski definition) is 1. The highest BCUT2D eigenvalue weighted by Gasteiger charge is 2.07. The highest BCUT2D eigenvalue weighted by Crippen LogP contribution is 2.22. The average molecular weight is 275 g/mol. The van der Waals surface area contributed by atoms with Crippen molar-refractivity contribution in [2.45, 2.75) is 13.8 Å². The molecule has 0 fully saturated rings. The number of quaternary nitrogens is 1. The third-order valence-electron chi connectivity index (χ3n) is 3.60. The summed E-state index contributed by atoms with van der Waals surface area (Å²) in [5.74, 6) is 0. The fraction of sp³-hybridized carbons (Fsp3) is 0.400. The third-order valence-corrected chi connectivity index (χ3v) is 3.60. The number of para-hydroxylation sites is 1. The van der Waals surface area contributed by atoms with Gasteiger partial charge in [-0.15, -0.1) is 0 Å². The lowest BCUT2D eigenvalue weighted by atomic mass is 10.2. The number of hydrogen-bond donors (Lipinski definition) is 4. The Morgan fingerprint density at radius 3 is 2.75 bits per heavy atom. The third kappa shape index (κ3) is 3.51. The quantitative estimate of drug-likeness (QED) is 0.629. The van der Waals surface area contributed by atoms with Crippen LogP contribution in [0.3, 0.4) is 0 Å². The van der Waals surface area contributed by atoms with E-state index in [4.69, 9.17) is 0 Å². The van der Waals surface area contributed by atoms with E-state index >= 15 is 0 Å². The summed E-state index contributed by atoms with van der Waals surface area (Å²) < 4.78 is 0. The number of amides is 2. The van der Waals surface area contributed by atoms with Gasteiger partial charge in [-0.2, -0.15) is 0 Å². The smallest absolute Gasteiger partial charge is 0.319 e. The number of carbonyl (C=O) groups excluding carboxylic acids is 1. The predicted molar refractivity (Wildman–Crippen MR) is 82.2 cm³/mol. The lowest BCUT2D eigenvalue weighted by Gasteiger charge is -2.15. The van der Waals surface area contributed by atoms with Gasteiger partial charge in [-0.3, -0.25) is 0 Å². The number of benzene rings is 1. The summed E-state index contributed by atoms with van der Waals surface area (Å²) in [4.78, 5) is 16.5. The van der Waals surface area contributed by atoms with Crippen LogP contribution in [0.5, 0.6) is 0 Å². The van der Waals surface area contributed by atoms with Crippen LogP contribution in [0.4, 0.5) is 10.5 Å². The first-order valence-electron chi connectivity index (χ1n) is 7.19. The molecular formula is C15H23N4O+. The van der Waals surface area contributed by atoms with Crippen LogP contribution in [-0.2, 0) is 0 Å². The molecule has 0 aliphatic carbocycles. The number of rotatable bonds is 6. The molecule has 4 N–H and O–H groups in total. The SMILES string of the molecule is CC[NH+](CC)CCNC(=O)Nc1c[nH]c2ccccc12. The fourth-order valence-corrected chi connectivity index (χ4v) is 2.30. The zero-order valence-electron chi connectivity index (χ0n) is 12.1. The number of carbonyl (C=O) groups is 1. The molecule has 0 atom stereocenters. The lowest BCUT2D eigenvalue weighted by Crippen LogP contribution is -3.12. The summed E-state index contributed by atoms with van der Waals surface area (Å²) in [6.45, 7) is 8.12. The predicted octanol–water partition coefficient (Wildman–Crippen LogP) is 1.21. The number of aromatic nitrogens is 1. The summed E-state index contributed by atoms with van der Waals surface area (Å²) in [6, 6.07) is 7.75. The molecule has 0 saturated carbocycles. The standard InChI is InChI=1S/C15H22N4O/c1-3-19(4-2)10-9-16-15(20)18-14-11-17-13-8-6-5-7-12(13)14/h5-8,11,17H,3-4,9-10H2,1-2H3,(H2,16,18,20)/p+1. The topological polar surface area (TPSA) is 61.4 Å². The molecule has 108 valence electrons. The van der Waals surface area contributed by atoms with E-state index in [9.17, 15) is 4.79 Å². The summed E-state index contributed by atoms with van der Waals surface area (Å²) in [5, 5.41) is 6.81. The Hall–Kier alpha value is -2.01. The molecule has 0 radical (unpaired) electrons. The van der Waals surface area contributed by atoms with Crippen LogP contribution in [0.1, 0.15) is 13.8 Å². The van der Waals surface area contributed by atoms with Gasteiger partial charge in [0.05, 0.1) is 31.9 Å². The maximum Gasteiger partial charge on any atom is 0.319 e. The van der Waals surface area contributed by atoms with Crippen molar-refractivity contribution < 1.29 is 9.69 Å². The van der Waals surface area contributed by atoms with Crippen LogP contribution in [0.2, 0.25) is 0 Å². The summed E-state index contributed by atoms with van der Waals surface area (Å²) >= 11 is 0. The number of nitrogens with one attached hydrogen (secondary N) is 4. The van der Waals surface area contributed by atoms with Crippen molar-refractivity contribution in [2.24, 2.45) is 0 Å². The first-order valence-corrected chi connectivity index (χ1v) is 7.19. The van der Waals surface area contributed by atoms with Crippen molar-refractivity contribution >= 4 is 22.6 Å². The van der Waals surface area contributed by atoms with E-state index < -0.39 is 0 Å². The number of aromatic amines is 1. The zero-order valence-corrected chi connectivity index (χ0v) is 12.1. The molecule has 20 heavy (non-hydrogen) atoms. The van der Waals surface area contributed by atoms with Crippen LogP contribution >= 0.6 is 0 Å². The van der Waals surface area contributed by atoms with Gasteiger partial charge in [-0.1, -0.05) is 18.2 Å². The van der Waals surface area contributed by atoms with Crippen LogP contribution in [-0.4, -0.2) is 37.2 Å². The van der Waals surface area contributed by atoms with E-state index in [1.807, 2.05) is 30.5 Å².